The summed E-state index contributed by atoms with van der Waals surface area (Å²) >= 11 is 0. The van der Waals surface area contributed by atoms with Crippen LogP contribution in [0.15, 0.2) is 54.6 Å². The maximum atomic E-state index is 12.9. The number of carbonyl (C=O) groups is 3. The number of carbonyl (C=O) groups excluding carboxylic acids is 3. The van der Waals surface area contributed by atoms with E-state index < -0.39 is 0 Å². The molecule has 31 heavy (non-hydrogen) atoms. The number of benzene rings is 3. The second-order valence-electron chi connectivity index (χ2n) is 7.55. The number of nitrogens with zero attached hydrogens (tertiary/aromatic N) is 1. The molecule has 1 heterocycles. The van der Waals surface area contributed by atoms with Gasteiger partial charge < -0.3 is 9.47 Å². The molecule has 4 rings (SSSR count). The average molecular weight is 417 g/mol. The summed E-state index contributed by atoms with van der Waals surface area (Å²) in [5.74, 6) is -0.377. The molecule has 3 aromatic carbocycles. The summed E-state index contributed by atoms with van der Waals surface area (Å²) in [5, 5.41) is 1.56. The van der Waals surface area contributed by atoms with Gasteiger partial charge in [0.25, 0.3) is 11.8 Å². The van der Waals surface area contributed by atoms with Gasteiger partial charge in [0.05, 0.1) is 7.11 Å². The Hall–Kier alpha value is -3.67. The quantitative estimate of drug-likeness (QED) is 0.424. The monoisotopic (exact) mass is 417 g/mol. The van der Waals surface area contributed by atoms with Crippen molar-refractivity contribution in [2.24, 2.45) is 0 Å². The van der Waals surface area contributed by atoms with Crippen LogP contribution in [-0.4, -0.2) is 36.3 Å². The van der Waals surface area contributed by atoms with Gasteiger partial charge in [-0.3, -0.25) is 19.3 Å². The Balaban J connectivity index is 1.37. The molecule has 0 aromatic heterocycles. The van der Waals surface area contributed by atoms with E-state index in [1.807, 2.05) is 49.4 Å². The second kappa shape index (κ2) is 8.60. The van der Waals surface area contributed by atoms with Gasteiger partial charge in [-0.25, -0.2) is 0 Å². The van der Waals surface area contributed by atoms with Gasteiger partial charge in [-0.2, -0.15) is 0 Å². The van der Waals surface area contributed by atoms with Crippen molar-refractivity contribution in [3.63, 3.8) is 0 Å². The molecule has 3 aromatic rings. The number of ether oxygens (including phenoxy) is 2. The van der Waals surface area contributed by atoms with Crippen molar-refractivity contribution < 1.29 is 23.9 Å². The number of hydrogen-bond acceptors (Lipinski definition) is 5. The predicted octanol–water partition coefficient (Wildman–Crippen LogP) is 4.28. The summed E-state index contributed by atoms with van der Waals surface area (Å²) in [4.78, 5) is 39.2. The summed E-state index contributed by atoms with van der Waals surface area (Å²) in [6.07, 6.45) is 0.441. The fourth-order valence-electron chi connectivity index (χ4n) is 3.92. The normalized spacial score (nSPS) is 12.9. The van der Waals surface area contributed by atoms with E-state index in [0.29, 0.717) is 28.7 Å². The number of imide groups is 1. The Morgan fingerprint density at radius 1 is 0.968 bits per heavy atom. The number of esters is 1. The van der Waals surface area contributed by atoms with E-state index in [4.69, 9.17) is 9.47 Å². The van der Waals surface area contributed by atoms with Gasteiger partial charge in [0.2, 0.25) is 0 Å². The highest BCUT2D eigenvalue weighted by Crippen LogP contribution is 2.30. The van der Waals surface area contributed by atoms with E-state index in [1.54, 1.807) is 19.2 Å². The van der Waals surface area contributed by atoms with Crippen molar-refractivity contribution in [3.8, 4) is 5.75 Å². The van der Waals surface area contributed by atoms with E-state index in [1.165, 1.54) is 4.90 Å². The second-order valence-corrected chi connectivity index (χ2v) is 7.55. The Bertz CT molecular complexity index is 1130. The molecule has 0 N–H and O–H groups in total. The molecule has 0 saturated carbocycles. The third-order valence-electron chi connectivity index (χ3n) is 5.44. The van der Waals surface area contributed by atoms with Crippen LogP contribution in [0.25, 0.3) is 10.8 Å². The zero-order chi connectivity index (χ0) is 22.0. The molecule has 6 nitrogen and oxygen atoms in total. The predicted molar refractivity (Wildman–Crippen MR) is 116 cm³/mol. The van der Waals surface area contributed by atoms with Gasteiger partial charge in [0, 0.05) is 35.0 Å². The first-order valence-corrected chi connectivity index (χ1v) is 10.2. The van der Waals surface area contributed by atoms with Gasteiger partial charge in [-0.1, -0.05) is 35.9 Å². The summed E-state index contributed by atoms with van der Waals surface area (Å²) in [6, 6.07) is 16.5. The standard InChI is InChI=1S/C25H23NO5/c1-16-11-12-21(30-2)18(14-16)15-31-22(27)10-5-13-26-24(28)19-8-3-6-17-7-4-9-20(23(17)19)25(26)29/h3-4,6-9,11-12,14H,5,10,13,15H2,1-2H3. The molecule has 0 radical (unpaired) electrons. The molecule has 2 amide bonds. The maximum absolute atomic E-state index is 12.9. The fourth-order valence-corrected chi connectivity index (χ4v) is 3.92. The Morgan fingerprint density at radius 3 is 2.29 bits per heavy atom. The molecular weight excluding hydrogens is 394 g/mol. The zero-order valence-electron chi connectivity index (χ0n) is 17.5. The van der Waals surface area contributed by atoms with Crippen LogP contribution in [0.1, 0.15) is 44.7 Å². The van der Waals surface area contributed by atoms with Crippen molar-refractivity contribution in [2.45, 2.75) is 26.4 Å². The number of methoxy groups -OCH3 is 1. The van der Waals surface area contributed by atoms with Crippen LogP contribution in [-0.2, 0) is 16.1 Å². The SMILES string of the molecule is COc1ccc(C)cc1COC(=O)CCCN1C(=O)c2cccc3cccc(c23)C1=O. The van der Waals surface area contributed by atoms with Crippen LogP contribution >= 0.6 is 0 Å². The molecule has 0 saturated heterocycles. The molecule has 0 unspecified atom stereocenters. The molecule has 0 aliphatic carbocycles. The molecule has 0 bridgehead atoms. The van der Waals surface area contributed by atoms with Crippen LogP contribution in [0.3, 0.4) is 0 Å². The van der Waals surface area contributed by atoms with E-state index in [-0.39, 0.29) is 37.4 Å². The minimum Gasteiger partial charge on any atom is -0.496 e. The first-order valence-electron chi connectivity index (χ1n) is 10.2. The Morgan fingerprint density at radius 2 is 1.65 bits per heavy atom. The van der Waals surface area contributed by atoms with E-state index in [0.717, 1.165) is 16.5 Å². The minimum absolute atomic E-state index is 0.108. The van der Waals surface area contributed by atoms with Crippen LogP contribution in [0.5, 0.6) is 5.75 Å². The van der Waals surface area contributed by atoms with E-state index >= 15 is 0 Å². The molecule has 1 aliphatic heterocycles. The Labute approximate surface area is 180 Å². The third kappa shape index (κ3) is 4.01. The summed E-state index contributed by atoms with van der Waals surface area (Å²) in [6.45, 7) is 2.22. The van der Waals surface area contributed by atoms with Crippen molar-refractivity contribution >= 4 is 28.6 Å². The van der Waals surface area contributed by atoms with Crippen molar-refractivity contribution in [1.29, 1.82) is 0 Å². The molecule has 6 heteroatoms. The maximum Gasteiger partial charge on any atom is 0.306 e. The molecule has 0 atom stereocenters. The van der Waals surface area contributed by atoms with Crippen molar-refractivity contribution in [1.82, 2.24) is 4.90 Å². The fraction of sp³-hybridized carbons (Fsp3) is 0.240. The molecule has 1 aliphatic rings. The van der Waals surface area contributed by atoms with Gasteiger partial charge in [-0.05, 0) is 43.0 Å². The zero-order valence-corrected chi connectivity index (χ0v) is 17.5. The van der Waals surface area contributed by atoms with Crippen molar-refractivity contribution in [3.05, 3.63) is 76.9 Å². The molecule has 0 fully saturated rings. The topological polar surface area (TPSA) is 72.9 Å². The highest BCUT2D eigenvalue weighted by molar-refractivity contribution is 6.25. The number of hydrogen-bond donors (Lipinski definition) is 0. The van der Waals surface area contributed by atoms with E-state index in [9.17, 15) is 14.4 Å². The summed E-state index contributed by atoms with van der Waals surface area (Å²) in [7, 11) is 1.57. The summed E-state index contributed by atoms with van der Waals surface area (Å²) < 4.78 is 10.7. The number of amides is 2. The lowest BCUT2D eigenvalue weighted by Gasteiger charge is -2.27. The van der Waals surface area contributed by atoms with E-state index in [2.05, 4.69) is 0 Å². The highest BCUT2D eigenvalue weighted by Gasteiger charge is 2.32. The molecule has 0 spiro atoms. The van der Waals surface area contributed by atoms with Gasteiger partial charge in [0.15, 0.2) is 0 Å². The lowest BCUT2D eigenvalue weighted by atomic mass is 9.94. The van der Waals surface area contributed by atoms with Crippen LogP contribution in [0, 0.1) is 6.92 Å². The number of rotatable bonds is 7. The molecular formula is C25H23NO5. The first kappa shape index (κ1) is 20.6. The van der Waals surface area contributed by atoms with Gasteiger partial charge >= 0.3 is 5.97 Å². The van der Waals surface area contributed by atoms with Crippen LogP contribution in [0.4, 0.5) is 0 Å². The minimum atomic E-state index is -0.386. The third-order valence-corrected chi connectivity index (χ3v) is 5.44. The first-order chi connectivity index (χ1) is 15.0. The average Bonchev–Trinajstić information content (AvgIpc) is 2.78. The van der Waals surface area contributed by atoms with Gasteiger partial charge in [-0.15, -0.1) is 0 Å². The lowest BCUT2D eigenvalue weighted by molar-refractivity contribution is -0.145. The highest BCUT2D eigenvalue weighted by atomic mass is 16.5. The lowest BCUT2D eigenvalue weighted by Crippen LogP contribution is -2.41. The smallest absolute Gasteiger partial charge is 0.306 e. The number of aryl methyl sites for hydroxylation is 1. The largest absolute Gasteiger partial charge is 0.496 e. The van der Waals surface area contributed by atoms with Crippen LogP contribution < -0.4 is 4.74 Å². The summed E-state index contributed by atoms with van der Waals surface area (Å²) in [5.41, 5.74) is 2.87. The Kier molecular flexibility index (Phi) is 5.71. The van der Waals surface area contributed by atoms with Gasteiger partial charge in [0.1, 0.15) is 12.4 Å². The molecule has 158 valence electrons. The van der Waals surface area contributed by atoms with Crippen molar-refractivity contribution in [2.75, 3.05) is 13.7 Å². The van der Waals surface area contributed by atoms with Crippen LogP contribution in [0.2, 0.25) is 0 Å².